The molecule has 0 saturated carbocycles. The first-order valence-electron chi connectivity index (χ1n) is 8.12. The molecule has 7 heteroatoms. The Balaban J connectivity index is 1.87. The van der Waals surface area contributed by atoms with Crippen molar-refractivity contribution in [3.63, 3.8) is 0 Å². The van der Waals surface area contributed by atoms with E-state index in [1.807, 2.05) is 31.2 Å². The zero-order chi connectivity index (χ0) is 18.7. The third kappa shape index (κ3) is 3.15. The first kappa shape index (κ1) is 17.9. The second-order valence-corrected chi connectivity index (χ2v) is 6.59. The number of hydrogen-bond donors (Lipinski definition) is 3. The molecule has 0 radical (unpaired) electrons. The zero-order valence-electron chi connectivity index (χ0n) is 14.2. The van der Waals surface area contributed by atoms with E-state index in [1.54, 1.807) is 24.3 Å². The lowest BCUT2D eigenvalue weighted by molar-refractivity contribution is -0.131. The van der Waals surface area contributed by atoms with Crippen LogP contribution < -0.4 is 16.4 Å². The molecule has 2 unspecified atom stereocenters. The maximum atomic E-state index is 12.8. The number of aliphatic imine (C=N–C) groups is 1. The molecule has 4 N–H and O–H groups in total. The van der Waals surface area contributed by atoms with E-state index in [9.17, 15) is 9.59 Å². The Kier molecular flexibility index (Phi) is 4.95. The van der Waals surface area contributed by atoms with Gasteiger partial charge < -0.3 is 16.4 Å². The molecule has 0 aliphatic carbocycles. The molecule has 26 heavy (non-hydrogen) atoms. The minimum Gasteiger partial charge on any atom is -0.367 e. The van der Waals surface area contributed by atoms with E-state index in [0.717, 1.165) is 11.1 Å². The van der Waals surface area contributed by atoms with Gasteiger partial charge >= 0.3 is 0 Å². The number of aryl methyl sites for hydroxylation is 1. The summed E-state index contributed by atoms with van der Waals surface area (Å²) in [6.07, 6.45) is 1.32. The summed E-state index contributed by atoms with van der Waals surface area (Å²) in [4.78, 5) is 29.3. The van der Waals surface area contributed by atoms with Gasteiger partial charge in [-0.3, -0.25) is 14.6 Å². The minimum absolute atomic E-state index is 0.323. The van der Waals surface area contributed by atoms with Crippen LogP contribution >= 0.6 is 11.6 Å². The number of nitrogens with one attached hydrogen (secondary N) is 2. The molecule has 134 valence electrons. The molecular weight excluding hydrogens is 352 g/mol. The van der Waals surface area contributed by atoms with Crippen LogP contribution in [0.2, 0.25) is 5.02 Å². The van der Waals surface area contributed by atoms with Crippen LogP contribution in [0.1, 0.15) is 16.7 Å². The molecule has 0 spiro atoms. The minimum atomic E-state index is -1.52. The van der Waals surface area contributed by atoms with Gasteiger partial charge in [0.1, 0.15) is 0 Å². The SMILES string of the molecule is Cc1cccc(CNC(=O)C2N=CNC2(C(N)=O)c2ccccc2Cl)c1. The molecule has 2 aromatic carbocycles. The van der Waals surface area contributed by atoms with E-state index >= 15 is 0 Å². The van der Waals surface area contributed by atoms with E-state index in [-0.39, 0.29) is 0 Å². The van der Waals surface area contributed by atoms with Gasteiger partial charge in [-0.1, -0.05) is 59.6 Å². The number of hydrogen-bond acceptors (Lipinski definition) is 4. The Labute approximate surface area is 156 Å². The van der Waals surface area contributed by atoms with Crippen molar-refractivity contribution in [3.8, 4) is 0 Å². The smallest absolute Gasteiger partial charge is 0.250 e. The van der Waals surface area contributed by atoms with Crippen LogP contribution in [0.5, 0.6) is 0 Å². The summed E-state index contributed by atoms with van der Waals surface area (Å²) < 4.78 is 0. The van der Waals surface area contributed by atoms with E-state index in [4.69, 9.17) is 17.3 Å². The van der Waals surface area contributed by atoms with Crippen LogP contribution in [0.4, 0.5) is 0 Å². The number of benzene rings is 2. The van der Waals surface area contributed by atoms with Crippen LogP contribution in [0, 0.1) is 6.92 Å². The van der Waals surface area contributed by atoms with Gasteiger partial charge in [-0.25, -0.2) is 0 Å². The number of primary amides is 1. The van der Waals surface area contributed by atoms with Crippen LogP contribution in [0.3, 0.4) is 0 Å². The number of amides is 2. The van der Waals surface area contributed by atoms with Crippen molar-refractivity contribution in [2.75, 3.05) is 0 Å². The standard InChI is InChI=1S/C19H19ClN4O2/c1-12-5-4-6-13(9-12)10-22-17(25)16-19(18(21)26,24-11-23-16)14-7-2-3-8-15(14)20/h2-9,11,16H,10H2,1H3,(H2,21,26)(H,22,25)(H,23,24). The summed E-state index contributed by atoms with van der Waals surface area (Å²) in [6.45, 7) is 2.30. The molecule has 2 atom stereocenters. The van der Waals surface area contributed by atoms with Crippen molar-refractivity contribution in [1.82, 2.24) is 10.6 Å². The molecule has 6 nitrogen and oxygen atoms in total. The summed E-state index contributed by atoms with van der Waals surface area (Å²) in [5, 5.41) is 6.01. The monoisotopic (exact) mass is 370 g/mol. The number of rotatable bonds is 5. The van der Waals surface area contributed by atoms with Crippen molar-refractivity contribution in [2.24, 2.45) is 10.7 Å². The predicted molar refractivity (Wildman–Crippen MR) is 101 cm³/mol. The van der Waals surface area contributed by atoms with Gasteiger partial charge in [-0.05, 0) is 18.6 Å². The number of carbonyl (C=O) groups excluding carboxylic acids is 2. The Morgan fingerprint density at radius 3 is 2.73 bits per heavy atom. The van der Waals surface area contributed by atoms with Crippen molar-refractivity contribution < 1.29 is 9.59 Å². The fourth-order valence-corrected chi connectivity index (χ4v) is 3.41. The van der Waals surface area contributed by atoms with Crippen molar-refractivity contribution in [3.05, 3.63) is 70.2 Å². The summed E-state index contributed by atoms with van der Waals surface area (Å²) in [6, 6.07) is 13.5. The maximum absolute atomic E-state index is 12.8. The Morgan fingerprint density at radius 1 is 1.27 bits per heavy atom. The molecule has 2 aromatic rings. The fourth-order valence-electron chi connectivity index (χ4n) is 3.12. The van der Waals surface area contributed by atoms with Crippen molar-refractivity contribution in [2.45, 2.75) is 25.0 Å². The van der Waals surface area contributed by atoms with Crippen molar-refractivity contribution in [1.29, 1.82) is 0 Å². The van der Waals surface area contributed by atoms with Gasteiger partial charge in [0.25, 0.3) is 5.91 Å². The molecule has 1 heterocycles. The molecule has 1 aliphatic heterocycles. The second kappa shape index (κ2) is 7.17. The molecule has 0 saturated heterocycles. The predicted octanol–water partition coefficient (Wildman–Crippen LogP) is 1.65. The first-order valence-corrected chi connectivity index (χ1v) is 8.50. The molecule has 1 aliphatic rings. The van der Waals surface area contributed by atoms with Crippen LogP contribution in [-0.2, 0) is 21.7 Å². The van der Waals surface area contributed by atoms with Gasteiger partial charge in [0.2, 0.25) is 5.91 Å². The average molecular weight is 371 g/mol. The van der Waals surface area contributed by atoms with Gasteiger partial charge in [-0.2, -0.15) is 0 Å². The highest BCUT2D eigenvalue weighted by Gasteiger charge is 2.52. The molecular formula is C19H19ClN4O2. The molecule has 0 aromatic heterocycles. The van der Waals surface area contributed by atoms with Crippen molar-refractivity contribution >= 4 is 29.8 Å². The molecule has 0 bridgehead atoms. The number of nitrogens with two attached hydrogens (primary N) is 1. The largest absolute Gasteiger partial charge is 0.367 e. The summed E-state index contributed by atoms with van der Waals surface area (Å²) in [7, 11) is 0. The summed E-state index contributed by atoms with van der Waals surface area (Å²) in [5.41, 5.74) is 6.62. The quantitative estimate of drug-likeness (QED) is 0.746. The van der Waals surface area contributed by atoms with E-state index in [1.165, 1.54) is 6.34 Å². The third-order valence-corrected chi connectivity index (χ3v) is 4.74. The molecule has 2 amide bonds. The zero-order valence-corrected chi connectivity index (χ0v) is 15.0. The lowest BCUT2D eigenvalue weighted by Crippen LogP contribution is -2.59. The van der Waals surface area contributed by atoms with Gasteiger partial charge in [0, 0.05) is 17.1 Å². The average Bonchev–Trinajstić information content (AvgIpc) is 3.06. The van der Waals surface area contributed by atoms with Crippen LogP contribution in [-0.4, -0.2) is 24.2 Å². The summed E-state index contributed by atoms with van der Waals surface area (Å²) >= 11 is 6.26. The number of halogens is 1. The maximum Gasteiger partial charge on any atom is 0.250 e. The van der Waals surface area contributed by atoms with Crippen LogP contribution in [0.15, 0.2) is 53.5 Å². The highest BCUT2D eigenvalue weighted by molar-refractivity contribution is 6.32. The lowest BCUT2D eigenvalue weighted by atomic mass is 9.82. The lowest BCUT2D eigenvalue weighted by Gasteiger charge is -2.31. The molecule has 3 rings (SSSR count). The Morgan fingerprint density at radius 2 is 2.04 bits per heavy atom. The topological polar surface area (TPSA) is 96.6 Å². The van der Waals surface area contributed by atoms with E-state index < -0.39 is 23.4 Å². The highest BCUT2D eigenvalue weighted by Crippen LogP contribution is 2.34. The second-order valence-electron chi connectivity index (χ2n) is 6.18. The third-order valence-electron chi connectivity index (χ3n) is 4.41. The fraction of sp³-hybridized carbons (Fsp3) is 0.211. The van der Waals surface area contributed by atoms with E-state index in [2.05, 4.69) is 15.6 Å². The first-order chi connectivity index (χ1) is 12.4. The normalized spacial score (nSPS) is 21.2. The van der Waals surface area contributed by atoms with Gasteiger partial charge in [0.15, 0.2) is 11.6 Å². The number of nitrogens with zero attached hydrogens (tertiary/aromatic N) is 1. The number of carbonyl (C=O) groups is 2. The molecule has 0 fully saturated rings. The van der Waals surface area contributed by atoms with Crippen LogP contribution in [0.25, 0.3) is 0 Å². The van der Waals surface area contributed by atoms with E-state index in [0.29, 0.717) is 17.1 Å². The van der Waals surface area contributed by atoms with Gasteiger partial charge in [-0.15, -0.1) is 0 Å². The Hall–Kier alpha value is -2.86. The van der Waals surface area contributed by atoms with Gasteiger partial charge in [0.05, 0.1) is 6.34 Å². The highest BCUT2D eigenvalue weighted by atomic mass is 35.5. The Bertz CT molecular complexity index is 883. The summed E-state index contributed by atoms with van der Waals surface area (Å²) in [5.74, 6) is -1.13.